The number of carbonyl (C=O) groups is 2. The van der Waals surface area contributed by atoms with Crippen LogP contribution in [0, 0.1) is 0 Å². The first kappa shape index (κ1) is 39.3. The molecule has 43 heavy (non-hydrogen) atoms. The predicted octanol–water partition coefficient (Wildman–Crippen LogP) is 11.0. The number of rotatable bonds is 29. The molecule has 6 nitrogen and oxygen atoms in total. The van der Waals surface area contributed by atoms with Crippen LogP contribution in [0.15, 0.2) is 23.1 Å². The van der Waals surface area contributed by atoms with E-state index >= 15 is 0 Å². The molecule has 0 aliphatic carbocycles. The lowest BCUT2D eigenvalue weighted by molar-refractivity contribution is 0.0495. The Bertz CT molecular complexity index is 811. The zero-order valence-corrected chi connectivity index (χ0v) is 28.3. The molecule has 1 N–H and O–H groups in total. The molecule has 7 heteroatoms. The first-order chi connectivity index (χ1) is 21.0. The van der Waals surface area contributed by atoms with Gasteiger partial charge in [0.1, 0.15) is 0 Å². The van der Waals surface area contributed by atoms with Gasteiger partial charge in [-0.3, -0.25) is 0 Å². The highest BCUT2D eigenvalue weighted by molar-refractivity contribution is 7.79. The first-order valence-electron chi connectivity index (χ1n) is 17.6. The molecule has 0 saturated carbocycles. The van der Waals surface area contributed by atoms with Gasteiger partial charge in [0.05, 0.1) is 29.2 Å². The van der Waals surface area contributed by atoms with Crippen molar-refractivity contribution in [3.8, 4) is 0 Å². The Balaban J connectivity index is 2.25. The minimum absolute atomic E-state index is 0.0165. The van der Waals surface area contributed by atoms with Crippen molar-refractivity contribution in [1.29, 1.82) is 0 Å². The molecule has 0 aromatic heterocycles. The quantitative estimate of drug-likeness (QED) is 0.0543. The summed E-state index contributed by atoms with van der Waals surface area (Å²) < 4.78 is 32.1. The maximum Gasteiger partial charge on any atom is 0.338 e. The van der Waals surface area contributed by atoms with E-state index in [0.29, 0.717) is 13.2 Å². The average Bonchev–Trinajstić information content (AvgIpc) is 3.01. The highest BCUT2D eigenvalue weighted by atomic mass is 32.2. The summed E-state index contributed by atoms with van der Waals surface area (Å²) in [5, 5.41) is 0. The van der Waals surface area contributed by atoms with Gasteiger partial charge in [0.15, 0.2) is 11.1 Å². The van der Waals surface area contributed by atoms with E-state index in [9.17, 15) is 18.4 Å². The van der Waals surface area contributed by atoms with Gasteiger partial charge in [-0.1, -0.05) is 155 Å². The predicted molar refractivity (Wildman–Crippen MR) is 178 cm³/mol. The van der Waals surface area contributed by atoms with Gasteiger partial charge in [-0.05, 0) is 31.0 Å². The number of hydrogen-bond donors (Lipinski definition) is 1. The standard InChI is InChI=1S/C36H62O6S/c1-3-5-7-9-11-13-15-17-19-21-23-25-27-41-35(37)32-29-33(31-34(30-32)43(39)40)36(38)42-28-26-24-22-20-18-16-14-12-10-8-6-4-2/h29-31H,3-28H2,1-2H3,(H,39,40). The van der Waals surface area contributed by atoms with E-state index in [0.717, 1.165) is 38.5 Å². The second kappa shape index (κ2) is 27.8. The van der Waals surface area contributed by atoms with E-state index in [2.05, 4.69) is 13.8 Å². The summed E-state index contributed by atoms with van der Waals surface area (Å²) in [6.45, 7) is 5.08. The monoisotopic (exact) mass is 622 g/mol. The molecular formula is C36H62O6S. The molecule has 1 rings (SSSR count). The molecule has 0 fully saturated rings. The zero-order valence-electron chi connectivity index (χ0n) is 27.5. The van der Waals surface area contributed by atoms with Gasteiger partial charge >= 0.3 is 11.9 Å². The van der Waals surface area contributed by atoms with E-state index in [4.69, 9.17) is 9.47 Å². The number of unbranched alkanes of at least 4 members (excludes halogenated alkanes) is 22. The molecule has 1 aromatic carbocycles. The summed E-state index contributed by atoms with van der Waals surface area (Å²) in [4.78, 5) is 25.2. The van der Waals surface area contributed by atoms with E-state index in [-0.39, 0.29) is 16.0 Å². The van der Waals surface area contributed by atoms with Crippen LogP contribution in [0.4, 0.5) is 0 Å². The summed E-state index contributed by atoms with van der Waals surface area (Å²) >= 11 is -2.33. The van der Waals surface area contributed by atoms with E-state index in [1.165, 1.54) is 134 Å². The van der Waals surface area contributed by atoms with Crippen LogP contribution in [0.1, 0.15) is 189 Å². The van der Waals surface area contributed by atoms with Gasteiger partial charge in [-0.25, -0.2) is 13.8 Å². The number of benzene rings is 1. The molecule has 0 bridgehead atoms. The van der Waals surface area contributed by atoms with Crippen molar-refractivity contribution in [1.82, 2.24) is 0 Å². The molecule has 1 aromatic rings. The Morgan fingerprint density at radius 2 is 0.791 bits per heavy atom. The molecule has 0 saturated heterocycles. The van der Waals surface area contributed by atoms with E-state index in [1.807, 2.05) is 0 Å². The van der Waals surface area contributed by atoms with Crippen LogP contribution >= 0.6 is 0 Å². The van der Waals surface area contributed by atoms with Gasteiger partial charge in [0, 0.05) is 0 Å². The summed E-state index contributed by atoms with van der Waals surface area (Å²) in [6.07, 6.45) is 29.4. The topological polar surface area (TPSA) is 89.9 Å². The second-order valence-electron chi connectivity index (χ2n) is 12.0. The molecule has 1 atom stereocenters. The fourth-order valence-corrected chi connectivity index (χ4v) is 5.77. The van der Waals surface area contributed by atoms with Gasteiger partial charge in [-0.2, -0.15) is 0 Å². The molecule has 0 spiro atoms. The molecule has 0 aliphatic heterocycles. The molecular weight excluding hydrogens is 560 g/mol. The fraction of sp³-hybridized carbons (Fsp3) is 0.778. The fourth-order valence-electron chi connectivity index (χ4n) is 5.32. The Morgan fingerprint density at radius 3 is 1.07 bits per heavy atom. The third kappa shape index (κ3) is 21.6. The number of ether oxygens (including phenoxy) is 2. The highest BCUT2D eigenvalue weighted by Gasteiger charge is 2.17. The molecule has 248 valence electrons. The van der Waals surface area contributed by atoms with Gasteiger partial charge in [0.25, 0.3) is 0 Å². The van der Waals surface area contributed by atoms with Crippen molar-refractivity contribution < 1.29 is 27.8 Å². The smallest absolute Gasteiger partial charge is 0.338 e. The van der Waals surface area contributed by atoms with Crippen molar-refractivity contribution >= 4 is 23.0 Å². The van der Waals surface area contributed by atoms with Crippen LogP contribution in [0.25, 0.3) is 0 Å². The second-order valence-corrected chi connectivity index (χ2v) is 13.0. The summed E-state index contributed by atoms with van der Waals surface area (Å²) in [6, 6.07) is 4.01. The lowest BCUT2D eigenvalue weighted by Crippen LogP contribution is -2.12. The van der Waals surface area contributed by atoms with Crippen LogP contribution < -0.4 is 0 Å². The lowest BCUT2D eigenvalue weighted by atomic mass is 10.1. The minimum atomic E-state index is -2.33. The summed E-state index contributed by atoms with van der Waals surface area (Å²) in [7, 11) is 0. The van der Waals surface area contributed by atoms with E-state index in [1.54, 1.807) is 0 Å². The van der Waals surface area contributed by atoms with Crippen molar-refractivity contribution in [2.75, 3.05) is 13.2 Å². The SMILES string of the molecule is CCCCCCCCCCCCCCOC(=O)c1cc(C(=O)OCCCCCCCCCCCCCC)cc(S(=O)O)c1. The van der Waals surface area contributed by atoms with Crippen LogP contribution in [-0.2, 0) is 20.6 Å². The number of hydrogen-bond acceptors (Lipinski definition) is 5. The highest BCUT2D eigenvalue weighted by Crippen LogP contribution is 2.17. The first-order valence-corrected chi connectivity index (χ1v) is 18.7. The zero-order chi connectivity index (χ0) is 31.4. The molecule has 0 amide bonds. The van der Waals surface area contributed by atoms with Gasteiger partial charge in [-0.15, -0.1) is 0 Å². The lowest BCUT2D eigenvalue weighted by Gasteiger charge is -2.09. The van der Waals surface area contributed by atoms with Crippen molar-refractivity contribution in [3.05, 3.63) is 29.3 Å². The maximum absolute atomic E-state index is 12.6. The largest absolute Gasteiger partial charge is 0.462 e. The van der Waals surface area contributed by atoms with Crippen molar-refractivity contribution in [3.63, 3.8) is 0 Å². The van der Waals surface area contributed by atoms with Crippen molar-refractivity contribution in [2.24, 2.45) is 0 Å². The van der Waals surface area contributed by atoms with Crippen LogP contribution in [0.3, 0.4) is 0 Å². The number of carbonyl (C=O) groups excluding carboxylic acids is 2. The minimum Gasteiger partial charge on any atom is -0.462 e. The van der Waals surface area contributed by atoms with Crippen LogP contribution in [-0.4, -0.2) is 33.9 Å². The van der Waals surface area contributed by atoms with Crippen LogP contribution in [0.2, 0.25) is 0 Å². The van der Waals surface area contributed by atoms with Crippen LogP contribution in [0.5, 0.6) is 0 Å². The van der Waals surface area contributed by atoms with Crippen molar-refractivity contribution in [2.45, 2.75) is 173 Å². The molecule has 0 heterocycles. The summed E-state index contributed by atoms with van der Waals surface area (Å²) in [5.74, 6) is -1.18. The molecule has 0 aliphatic rings. The Kier molecular flexibility index (Phi) is 25.4. The molecule has 1 unspecified atom stereocenters. The Morgan fingerprint density at radius 1 is 0.512 bits per heavy atom. The average molecular weight is 623 g/mol. The normalized spacial score (nSPS) is 11.9. The van der Waals surface area contributed by atoms with Gasteiger partial charge < -0.3 is 14.0 Å². The summed E-state index contributed by atoms with van der Waals surface area (Å²) in [5.41, 5.74) is 0.187. The number of esters is 2. The Labute approximate surface area is 265 Å². The van der Waals surface area contributed by atoms with E-state index < -0.39 is 23.0 Å². The third-order valence-corrected chi connectivity index (χ3v) is 8.68. The molecule has 0 radical (unpaired) electrons. The maximum atomic E-state index is 12.6. The third-order valence-electron chi connectivity index (χ3n) is 8.04. The Hall–Kier alpha value is -1.73. The van der Waals surface area contributed by atoms with Gasteiger partial charge in [0.2, 0.25) is 0 Å².